The number of hydrogen-bond donors (Lipinski definition) is 2. The molecule has 0 saturated carbocycles. The van der Waals surface area contributed by atoms with Gasteiger partial charge in [-0.3, -0.25) is 0 Å². The predicted octanol–water partition coefficient (Wildman–Crippen LogP) is 3.99. The summed E-state index contributed by atoms with van der Waals surface area (Å²) in [6.07, 6.45) is 0. The molecule has 1 aromatic heterocycles. The van der Waals surface area contributed by atoms with Crippen LogP contribution in [0.1, 0.15) is 5.56 Å². The number of halogens is 1. The van der Waals surface area contributed by atoms with Crippen molar-refractivity contribution in [2.45, 2.75) is 6.54 Å². The second-order valence-electron chi connectivity index (χ2n) is 4.85. The summed E-state index contributed by atoms with van der Waals surface area (Å²) in [5.41, 5.74) is 9.11. The summed E-state index contributed by atoms with van der Waals surface area (Å²) in [6, 6.07) is 20.3. The first-order valence-corrected chi connectivity index (χ1v) is 7.27. The van der Waals surface area contributed by atoms with Gasteiger partial charge in [0.15, 0.2) is 0 Å². The molecule has 2 aromatic carbocycles. The van der Waals surface area contributed by atoms with Crippen molar-refractivity contribution in [1.82, 2.24) is 9.97 Å². The third kappa shape index (κ3) is 3.54. The Morgan fingerprint density at radius 1 is 0.909 bits per heavy atom. The van der Waals surface area contributed by atoms with Gasteiger partial charge >= 0.3 is 0 Å². The van der Waals surface area contributed by atoms with E-state index >= 15 is 0 Å². The van der Waals surface area contributed by atoms with Gasteiger partial charge in [0.1, 0.15) is 11.0 Å². The molecule has 0 aliphatic rings. The minimum atomic E-state index is 0.162. The summed E-state index contributed by atoms with van der Waals surface area (Å²) in [5.74, 6) is 0.777. The number of hydrogen-bond acceptors (Lipinski definition) is 4. The van der Waals surface area contributed by atoms with E-state index in [2.05, 4.69) is 51.7 Å². The molecule has 4 nitrogen and oxygen atoms in total. The van der Waals surface area contributed by atoms with Crippen molar-refractivity contribution in [3.05, 3.63) is 71.4 Å². The maximum atomic E-state index is 5.85. The number of benzene rings is 2. The van der Waals surface area contributed by atoms with Crippen molar-refractivity contribution in [2.75, 3.05) is 11.1 Å². The third-order valence-corrected chi connectivity index (χ3v) is 3.44. The van der Waals surface area contributed by atoms with Crippen molar-refractivity contribution in [1.29, 1.82) is 0 Å². The quantitative estimate of drug-likeness (QED) is 0.715. The molecule has 0 radical (unpaired) electrons. The SMILES string of the molecule is Nc1nc(Cl)cc(NCc2ccc(-c3ccccc3)cc2)n1. The highest BCUT2D eigenvalue weighted by Crippen LogP contribution is 2.20. The molecule has 0 amide bonds. The van der Waals surface area contributed by atoms with E-state index in [9.17, 15) is 0 Å². The van der Waals surface area contributed by atoms with Crippen LogP contribution in [0.2, 0.25) is 5.15 Å². The van der Waals surface area contributed by atoms with Gasteiger partial charge in [0, 0.05) is 12.6 Å². The van der Waals surface area contributed by atoms with Crippen LogP contribution in [0.15, 0.2) is 60.7 Å². The van der Waals surface area contributed by atoms with Gasteiger partial charge < -0.3 is 11.1 Å². The first kappa shape index (κ1) is 14.4. The van der Waals surface area contributed by atoms with Gasteiger partial charge in [-0.1, -0.05) is 66.2 Å². The Kier molecular flexibility index (Phi) is 4.21. The molecule has 0 atom stereocenters. The van der Waals surface area contributed by atoms with Crippen LogP contribution in [-0.2, 0) is 6.54 Å². The zero-order valence-corrected chi connectivity index (χ0v) is 12.6. The fraction of sp³-hybridized carbons (Fsp3) is 0.0588. The number of nitrogen functional groups attached to an aromatic ring is 1. The lowest BCUT2D eigenvalue weighted by Gasteiger charge is -2.08. The second kappa shape index (κ2) is 6.45. The van der Waals surface area contributed by atoms with Crippen LogP contribution in [0.4, 0.5) is 11.8 Å². The van der Waals surface area contributed by atoms with Crippen molar-refractivity contribution in [3.8, 4) is 11.1 Å². The number of nitrogens with zero attached hydrogens (tertiary/aromatic N) is 2. The molecule has 3 N–H and O–H groups in total. The Balaban J connectivity index is 1.69. The average molecular weight is 311 g/mol. The van der Waals surface area contributed by atoms with E-state index < -0.39 is 0 Å². The highest BCUT2D eigenvalue weighted by Gasteiger charge is 2.01. The molecule has 3 rings (SSSR count). The van der Waals surface area contributed by atoms with Gasteiger partial charge in [-0.25, -0.2) is 4.98 Å². The summed E-state index contributed by atoms with van der Waals surface area (Å²) in [7, 11) is 0. The first-order chi connectivity index (χ1) is 10.7. The molecular weight excluding hydrogens is 296 g/mol. The van der Waals surface area contributed by atoms with Crippen LogP contribution < -0.4 is 11.1 Å². The van der Waals surface area contributed by atoms with E-state index in [0.717, 1.165) is 5.56 Å². The Morgan fingerprint density at radius 2 is 1.59 bits per heavy atom. The number of aromatic nitrogens is 2. The fourth-order valence-corrected chi connectivity index (χ4v) is 2.35. The molecule has 1 heterocycles. The highest BCUT2D eigenvalue weighted by atomic mass is 35.5. The van der Waals surface area contributed by atoms with Crippen LogP contribution in [0.25, 0.3) is 11.1 Å². The topological polar surface area (TPSA) is 63.8 Å². The Morgan fingerprint density at radius 3 is 2.27 bits per heavy atom. The molecule has 0 aliphatic carbocycles. The zero-order chi connectivity index (χ0) is 15.4. The van der Waals surface area contributed by atoms with Crippen molar-refractivity contribution in [3.63, 3.8) is 0 Å². The van der Waals surface area contributed by atoms with Crippen LogP contribution in [-0.4, -0.2) is 9.97 Å². The van der Waals surface area contributed by atoms with Crippen LogP contribution >= 0.6 is 11.6 Å². The van der Waals surface area contributed by atoms with E-state index in [0.29, 0.717) is 17.5 Å². The maximum Gasteiger partial charge on any atom is 0.223 e. The zero-order valence-electron chi connectivity index (χ0n) is 11.8. The average Bonchev–Trinajstić information content (AvgIpc) is 2.53. The minimum absolute atomic E-state index is 0.162. The van der Waals surface area contributed by atoms with Gasteiger partial charge in [0.05, 0.1) is 0 Å². The lowest BCUT2D eigenvalue weighted by atomic mass is 10.0. The van der Waals surface area contributed by atoms with E-state index in [4.69, 9.17) is 17.3 Å². The van der Waals surface area contributed by atoms with Crippen molar-refractivity contribution >= 4 is 23.4 Å². The molecule has 3 aromatic rings. The highest BCUT2D eigenvalue weighted by molar-refractivity contribution is 6.29. The fourth-order valence-electron chi connectivity index (χ4n) is 2.16. The van der Waals surface area contributed by atoms with E-state index in [1.807, 2.05) is 18.2 Å². The third-order valence-electron chi connectivity index (χ3n) is 3.25. The van der Waals surface area contributed by atoms with Crippen molar-refractivity contribution in [2.24, 2.45) is 0 Å². The number of rotatable bonds is 4. The lowest BCUT2D eigenvalue weighted by Crippen LogP contribution is -2.04. The summed E-state index contributed by atoms with van der Waals surface area (Å²) < 4.78 is 0. The molecule has 5 heteroatoms. The molecule has 0 unspecified atom stereocenters. The minimum Gasteiger partial charge on any atom is -0.368 e. The normalized spacial score (nSPS) is 10.4. The molecular formula is C17H15ClN4. The predicted molar refractivity (Wildman–Crippen MR) is 90.7 cm³/mol. The van der Waals surface area contributed by atoms with Gasteiger partial charge in [0.2, 0.25) is 5.95 Å². The summed E-state index contributed by atoms with van der Waals surface area (Å²) >= 11 is 5.85. The standard InChI is InChI=1S/C17H15ClN4/c18-15-10-16(22-17(19)21-15)20-11-12-6-8-14(9-7-12)13-4-2-1-3-5-13/h1-10H,11H2,(H3,19,20,21,22). The molecule has 22 heavy (non-hydrogen) atoms. The molecule has 0 fully saturated rings. The van der Waals surface area contributed by atoms with Crippen LogP contribution in [0.5, 0.6) is 0 Å². The summed E-state index contributed by atoms with van der Waals surface area (Å²) in [5, 5.41) is 3.51. The smallest absolute Gasteiger partial charge is 0.223 e. The molecule has 0 saturated heterocycles. The van der Waals surface area contributed by atoms with Gasteiger partial charge in [-0.15, -0.1) is 0 Å². The van der Waals surface area contributed by atoms with Crippen molar-refractivity contribution < 1.29 is 0 Å². The summed E-state index contributed by atoms with van der Waals surface area (Å²) in [6.45, 7) is 0.641. The van der Waals surface area contributed by atoms with Gasteiger partial charge in [-0.05, 0) is 16.7 Å². The van der Waals surface area contributed by atoms with Crippen LogP contribution in [0.3, 0.4) is 0 Å². The Hall–Kier alpha value is -2.59. The van der Waals surface area contributed by atoms with E-state index in [1.165, 1.54) is 11.1 Å². The monoisotopic (exact) mass is 310 g/mol. The number of nitrogens with two attached hydrogens (primary N) is 1. The molecule has 110 valence electrons. The summed E-state index contributed by atoms with van der Waals surface area (Å²) in [4.78, 5) is 7.91. The lowest BCUT2D eigenvalue weighted by molar-refractivity contribution is 1.09. The molecule has 0 spiro atoms. The maximum absolute atomic E-state index is 5.85. The van der Waals surface area contributed by atoms with Crippen LogP contribution in [0, 0.1) is 0 Å². The molecule has 0 aliphatic heterocycles. The van der Waals surface area contributed by atoms with Gasteiger partial charge in [-0.2, -0.15) is 4.98 Å². The Labute approximate surface area is 134 Å². The number of nitrogens with one attached hydrogen (secondary N) is 1. The van der Waals surface area contributed by atoms with Gasteiger partial charge in [0.25, 0.3) is 0 Å². The van der Waals surface area contributed by atoms with E-state index in [1.54, 1.807) is 6.07 Å². The Bertz CT molecular complexity index is 737. The molecule has 0 bridgehead atoms. The largest absolute Gasteiger partial charge is 0.368 e. The number of anilines is 2. The van der Waals surface area contributed by atoms with E-state index in [-0.39, 0.29) is 5.95 Å². The first-order valence-electron chi connectivity index (χ1n) is 6.89. The second-order valence-corrected chi connectivity index (χ2v) is 5.24.